The summed E-state index contributed by atoms with van der Waals surface area (Å²) >= 11 is 0. The Labute approximate surface area is 127 Å². The molecule has 0 aromatic heterocycles. The third-order valence-electron chi connectivity index (χ3n) is 4.95. The zero-order valence-electron chi connectivity index (χ0n) is 12.6. The van der Waals surface area contributed by atoms with Gasteiger partial charge in [-0.2, -0.15) is 5.26 Å². The molecule has 1 aliphatic heterocycles. The number of likely N-dealkylation sites (tertiary alicyclic amines) is 1. The zero-order valence-corrected chi connectivity index (χ0v) is 12.6. The number of nitriles is 1. The molecule has 0 bridgehead atoms. The molecule has 3 rings (SSSR count). The standard InChI is InChI=1S/C18H24N2O/c19-14-15-7-9-17(10-8-15)21-13-3-12-20-11-2-5-16-4-1-6-18(16)20/h7-10,16,18H,1-6,11-13H2. The second-order valence-electron chi connectivity index (χ2n) is 6.27. The van der Waals surface area contributed by atoms with Gasteiger partial charge in [-0.1, -0.05) is 6.42 Å². The number of ether oxygens (including phenoxy) is 1. The third-order valence-corrected chi connectivity index (χ3v) is 4.95. The molecule has 1 aromatic rings. The summed E-state index contributed by atoms with van der Waals surface area (Å²) in [5.41, 5.74) is 0.683. The Balaban J connectivity index is 1.40. The molecule has 1 aromatic carbocycles. The Morgan fingerprint density at radius 2 is 1.95 bits per heavy atom. The number of hydrogen-bond acceptors (Lipinski definition) is 3. The Hall–Kier alpha value is -1.53. The van der Waals surface area contributed by atoms with Crippen LogP contribution in [0.1, 0.15) is 44.1 Å². The second-order valence-corrected chi connectivity index (χ2v) is 6.27. The zero-order chi connectivity index (χ0) is 14.5. The number of rotatable bonds is 5. The van der Waals surface area contributed by atoms with Crippen LogP contribution >= 0.6 is 0 Å². The first-order valence-corrected chi connectivity index (χ1v) is 8.24. The van der Waals surface area contributed by atoms with Gasteiger partial charge in [0.05, 0.1) is 18.2 Å². The van der Waals surface area contributed by atoms with Crippen LogP contribution < -0.4 is 4.74 Å². The molecule has 0 amide bonds. The van der Waals surface area contributed by atoms with E-state index in [1.807, 2.05) is 24.3 Å². The van der Waals surface area contributed by atoms with Crippen molar-refractivity contribution in [3.63, 3.8) is 0 Å². The summed E-state index contributed by atoms with van der Waals surface area (Å²) in [6, 6.07) is 10.4. The van der Waals surface area contributed by atoms with Crippen LogP contribution in [0.25, 0.3) is 0 Å². The van der Waals surface area contributed by atoms with E-state index in [0.717, 1.165) is 37.3 Å². The lowest BCUT2D eigenvalue weighted by molar-refractivity contribution is 0.106. The normalized spacial score (nSPS) is 25.3. The minimum Gasteiger partial charge on any atom is -0.494 e. The highest BCUT2D eigenvalue weighted by molar-refractivity contribution is 5.34. The minimum absolute atomic E-state index is 0.683. The lowest BCUT2D eigenvalue weighted by atomic mass is 9.92. The third kappa shape index (κ3) is 3.57. The molecule has 2 aliphatic rings. The van der Waals surface area contributed by atoms with Gasteiger partial charge >= 0.3 is 0 Å². The molecule has 2 fully saturated rings. The molecule has 2 unspecified atom stereocenters. The van der Waals surface area contributed by atoms with Crippen LogP contribution in [-0.2, 0) is 0 Å². The number of piperidine rings is 1. The summed E-state index contributed by atoms with van der Waals surface area (Å²) in [5, 5.41) is 8.77. The van der Waals surface area contributed by atoms with Crippen LogP contribution in [0.15, 0.2) is 24.3 Å². The van der Waals surface area contributed by atoms with Crippen molar-refractivity contribution in [1.29, 1.82) is 5.26 Å². The van der Waals surface area contributed by atoms with Gasteiger partial charge in [0, 0.05) is 12.6 Å². The lowest BCUT2D eigenvalue weighted by Gasteiger charge is -2.37. The molecule has 1 saturated carbocycles. The second kappa shape index (κ2) is 6.95. The highest BCUT2D eigenvalue weighted by atomic mass is 16.5. The van der Waals surface area contributed by atoms with Gasteiger partial charge in [-0.3, -0.25) is 4.90 Å². The first kappa shape index (κ1) is 14.4. The fourth-order valence-corrected chi connectivity index (χ4v) is 3.92. The van der Waals surface area contributed by atoms with Gasteiger partial charge in [0.25, 0.3) is 0 Å². The van der Waals surface area contributed by atoms with Crippen LogP contribution in [0, 0.1) is 17.2 Å². The van der Waals surface area contributed by atoms with Crippen LogP contribution in [0.5, 0.6) is 5.75 Å². The number of benzene rings is 1. The molecule has 21 heavy (non-hydrogen) atoms. The van der Waals surface area contributed by atoms with Crippen LogP contribution in [0.3, 0.4) is 0 Å². The van der Waals surface area contributed by atoms with Crippen molar-refractivity contribution >= 4 is 0 Å². The lowest BCUT2D eigenvalue weighted by Crippen LogP contribution is -2.43. The Bertz CT molecular complexity index is 491. The van der Waals surface area contributed by atoms with Gasteiger partial charge in [-0.25, -0.2) is 0 Å². The molecule has 2 atom stereocenters. The van der Waals surface area contributed by atoms with Crippen molar-refractivity contribution in [3.05, 3.63) is 29.8 Å². The van der Waals surface area contributed by atoms with Crippen molar-refractivity contribution < 1.29 is 4.74 Å². The Kier molecular flexibility index (Phi) is 4.77. The number of fused-ring (bicyclic) bond motifs is 1. The monoisotopic (exact) mass is 284 g/mol. The van der Waals surface area contributed by atoms with Gasteiger partial charge < -0.3 is 4.74 Å². The van der Waals surface area contributed by atoms with E-state index in [9.17, 15) is 0 Å². The summed E-state index contributed by atoms with van der Waals surface area (Å²) in [6.45, 7) is 3.20. The maximum absolute atomic E-state index is 8.77. The van der Waals surface area contributed by atoms with E-state index in [0.29, 0.717) is 5.56 Å². The largest absolute Gasteiger partial charge is 0.494 e. The molecule has 1 saturated heterocycles. The van der Waals surface area contributed by atoms with Crippen molar-refractivity contribution in [2.24, 2.45) is 5.92 Å². The Morgan fingerprint density at radius 1 is 1.14 bits per heavy atom. The summed E-state index contributed by atoms with van der Waals surface area (Å²) in [6.07, 6.45) is 8.18. The Morgan fingerprint density at radius 3 is 2.76 bits per heavy atom. The van der Waals surface area contributed by atoms with E-state index in [1.54, 1.807) is 0 Å². The quantitative estimate of drug-likeness (QED) is 0.775. The molecule has 1 aliphatic carbocycles. The number of hydrogen-bond donors (Lipinski definition) is 0. The average Bonchev–Trinajstić information content (AvgIpc) is 3.01. The van der Waals surface area contributed by atoms with Gasteiger partial charge in [0.2, 0.25) is 0 Å². The molecule has 3 heteroatoms. The van der Waals surface area contributed by atoms with Crippen LogP contribution in [-0.4, -0.2) is 30.6 Å². The summed E-state index contributed by atoms with van der Waals surface area (Å²) in [5.74, 6) is 1.84. The van der Waals surface area contributed by atoms with E-state index < -0.39 is 0 Å². The summed E-state index contributed by atoms with van der Waals surface area (Å²) in [7, 11) is 0. The predicted molar refractivity (Wildman–Crippen MR) is 83.2 cm³/mol. The molecule has 1 heterocycles. The first-order chi connectivity index (χ1) is 10.4. The average molecular weight is 284 g/mol. The smallest absolute Gasteiger partial charge is 0.119 e. The fourth-order valence-electron chi connectivity index (χ4n) is 3.92. The van der Waals surface area contributed by atoms with E-state index in [-0.39, 0.29) is 0 Å². The van der Waals surface area contributed by atoms with E-state index in [2.05, 4.69) is 11.0 Å². The molecule has 0 N–H and O–H groups in total. The van der Waals surface area contributed by atoms with Gasteiger partial charge in [0.15, 0.2) is 0 Å². The van der Waals surface area contributed by atoms with Gasteiger partial charge in [-0.05, 0) is 68.8 Å². The molecule has 0 spiro atoms. The fraction of sp³-hybridized carbons (Fsp3) is 0.611. The van der Waals surface area contributed by atoms with Gasteiger partial charge in [-0.15, -0.1) is 0 Å². The minimum atomic E-state index is 0.683. The summed E-state index contributed by atoms with van der Waals surface area (Å²) < 4.78 is 5.77. The SMILES string of the molecule is N#Cc1ccc(OCCCN2CCCC3CCCC32)cc1. The van der Waals surface area contributed by atoms with Crippen LogP contribution in [0.4, 0.5) is 0 Å². The maximum atomic E-state index is 8.77. The number of nitrogens with zero attached hydrogens (tertiary/aromatic N) is 2. The van der Waals surface area contributed by atoms with E-state index >= 15 is 0 Å². The van der Waals surface area contributed by atoms with Crippen molar-refractivity contribution in [3.8, 4) is 11.8 Å². The van der Waals surface area contributed by atoms with Crippen molar-refractivity contribution in [2.75, 3.05) is 19.7 Å². The maximum Gasteiger partial charge on any atom is 0.119 e. The molecule has 112 valence electrons. The highest BCUT2D eigenvalue weighted by Gasteiger charge is 2.34. The van der Waals surface area contributed by atoms with Gasteiger partial charge in [0.1, 0.15) is 5.75 Å². The predicted octanol–water partition coefficient (Wildman–Crippen LogP) is 3.59. The molecule has 0 radical (unpaired) electrons. The van der Waals surface area contributed by atoms with Crippen molar-refractivity contribution in [1.82, 2.24) is 4.90 Å². The molecule has 3 nitrogen and oxygen atoms in total. The van der Waals surface area contributed by atoms with E-state index in [1.165, 1.54) is 38.6 Å². The van der Waals surface area contributed by atoms with Crippen molar-refractivity contribution in [2.45, 2.75) is 44.6 Å². The van der Waals surface area contributed by atoms with Crippen LogP contribution in [0.2, 0.25) is 0 Å². The molecular formula is C18H24N2O. The molecular weight excluding hydrogens is 260 g/mol. The van der Waals surface area contributed by atoms with E-state index in [4.69, 9.17) is 10.00 Å². The summed E-state index contributed by atoms with van der Waals surface area (Å²) in [4.78, 5) is 2.70. The first-order valence-electron chi connectivity index (χ1n) is 8.24. The topological polar surface area (TPSA) is 36.3 Å². The highest BCUT2D eigenvalue weighted by Crippen LogP contribution is 2.36.